The van der Waals surface area contributed by atoms with Crippen molar-refractivity contribution in [2.24, 2.45) is 0 Å². The molecule has 154 valence electrons. The van der Waals surface area contributed by atoms with E-state index in [4.69, 9.17) is 0 Å². The maximum Gasteiger partial charge on any atom is 0.282 e. The zero-order valence-corrected chi connectivity index (χ0v) is 17.0. The molecular formula is C20H18F2N6OS. The summed E-state index contributed by atoms with van der Waals surface area (Å²) in [7, 11) is 0. The van der Waals surface area contributed by atoms with Gasteiger partial charge in [-0.3, -0.25) is 0 Å². The normalized spacial score (nSPS) is 13.7. The number of alkyl halides is 2. The summed E-state index contributed by atoms with van der Waals surface area (Å²) in [6.45, 7) is 1.93. The average molecular weight is 428 g/mol. The third kappa shape index (κ3) is 4.16. The van der Waals surface area contributed by atoms with Gasteiger partial charge < -0.3 is 4.55 Å². The fourth-order valence-corrected chi connectivity index (χ4v) is 3.75. The Morgan fingerprint density at radius 2 is 1.87 bits per heavy atom. The van der Waals surface area contributed by atoms with Crippen molar-refractivity contribution in [3.8, 4) is 22.6 Å². The average Bonchev–Trinajstić information content (AvgIpc) is 3.16. The number of halogens is 2. The van der Waals surface area contributed by atoms with Crippen LogP contribution >= 0.6 is 0 Å². The van der Waals surface area contributed by atoms with Gasteiger partial charge in [-0.15, -0.1) is 4.72 Å². The van der Waals surface area contributed by atoms with E-state index in [1.165, 1.54) is 23.0 Å². The molecule has 30 heavy (non-hydrogen) atoms. The molecule has 0 aliphatic rings. The maximum atomic E-state index is 13.1. The van der Waals surface area contributed by atoms with Crippen LogP contribution in [0.2, 0.25) is 0 Å². The highest BCUT2D eigenvalue weighted by atomic mass is 32.2. The molecule has 0 saturated carbocycles. The van der Waals surface area contributed by atoms with E-state index in [1.54, 1.807) is 18.5 Å². The van der Waals surface area contributed by atoms with Crippen LogP contribution in [-0.2, 0) is 11.4 Å². The van der Waals surface area contributed by atoms with E-state index in [1.807, 2.05) is 31.2 Å². The number of fused-ring (bicyclic) bond motifs is 1. The van der Waals surface area contributed by atoms with Gasteiger partial charge in [0.15, 0.2) is 5.65 Å². The molecule has 0 fully saturated rings. The molecule has 0 spiro atoms. The van der Waals surface area contributed by atoms with Crippen molar-refractivity contribution in [2.75, 3.05) is 6.26 Å². The molecule has 2 unspecified atom stereocenters. The fraction of sp³-hybridized carbons (Fsp3) is 0.200. The van der Waals surface area contributed by atoms with Crippen LogP contribution in [0.4, 0.5) is 8.78 Å². The number of hydrogen-bond acceptors (Lipinski definition) is 6. The number of rotatable bonds is 6. The Kier molecular flexibility index (Phi) is 5.71. The lowest BCUT2D eigenvalue weighted by molar-refractivity contribution is 0.144. The highest BCUT2D eigenvalue weighted by molar-refractivity contribution is 7.88. The summed E-state index contributed by atoms with van der Waals surface area (Å²) in [5.41, 5.74) is 3.58. The van der Waals surface area contributed by atoms with Crippen molar-refractivity contribution in [1.82, 2.24) is 29.3 Å². The number of aromatic nitrogens is 5. The molecule has 3 aromatic heterocycles. The number of imidazole rings is 1. The molecule has 4 aromatic rings. The van der Waals surface area contributed by atoms with Crippen LogP contribution in [0.15, 0.2) is 55.0 Å². The Morgan fingerprint density at radius 3 is 2.63 bits per heavy atom. The molecule has 0 amide bonds. The van der Waals surface area contributed by atoms with Gasteiger partial charge in [-0.2, -0.15) is 5.10 Å². The predicted molar refractivity (Wildman–Crippen MR) is 110 cm³/mol. The van der Waals surface area contributed by atoms with Crippen LogP contribution in [0.3, 0.4) is 0 Å². The quantitative estimate of drug-likeness (QED) is 0.471. The number of hydrogen-bond donors (Lipinski definition) is 1. The van der Waals surface area contributed by atoms with Crippen molar-refractivity contribution in [3.63, 3.8) is 0 Å². The van der Waals surface area contributed by atoms with E-state index >= 15 is 0 Å². The second-order valence-electron chi connectivity index (χ2n) is 6.68. The Hall–Kier alpha value is -2.95. The molecule has 10 heteroatoms. The van der Waals surface area contributed by atoms with Gasteiger partial charge in [0, 0.05) is 16.9 Å². The fourth-order valence-electron chi connectivity index (χ4n) is 3.12. The lowest BCUT2D eigenvalue weighted by Crippen LogP contribution is -2.25. The first-order chi connectivity index (χ1) is 14.4. The second kappa shape index (κ2) is 8.42. The van der Waals surface area contributed by atoms with E-state index in [2.05, 4.69) is 24.8 Å². The van der Waals surface area contributed by atoms with Gasteiger partial charge in [0.05, 0.1) is 23.6 Å². The first-order valence-corrected chi connectivity index (χ1v) is 10.6. The van der Waals surface area contributed by atoms with E-state index in [0.717, 1.165) is 11.1 Å². The van der Waals surface area contributed by atoms with Gasteiger partial charge in [0.25, 0.3) is 6.43 Å². The Labute approximate surface area is 174 Å². The molecule has 7 nitrogen and oxygen atoms in total. The van der Waals surface area contributed by atoms with Crippen molar-refractivity contribution in [2.45, 2.75) is 19.4 Å². The smallest absolute Gasteiger partial charge is 0.282 e. The lowest BCUT2D eigenvalue weighted by atomic mass is 10.0. The van der Waals surface area contributed by atoms with E-state index < -0.39 is 17.8 Å². The molecule has 0 bridgehead atoms. The van der Waals surface area contributed by atoms with Crippen molar-refractivity contribution in [1.29, 1.82) is 0 Å². The zero-order chi connectivity index (χ0) is 21.3. The first-order valence-electron chi connectivity index (χ1n) is 9.07. The van der Waals surface area contributed by atoms with Crippen LogP contribution in [0.25, 0.3) is 28.3 Å². The van der Waals surface area contributed by atoms with Crippen molar-refractivity contribution in [3.05, 3.63) is 66.2 Å². The van der Waals surface area contributed by atoms with E-state index in [-0.39, 0.29) is 11.7 Å². The van der Waals surface area contributed by atoms with Gasteiger partial charge in [0.1, 0.15) is 24.0 Å². The van der Waals surface area contributed by atoms with Gasteiger partial charge in [0.2, 0.25) is 0 Å². The van der Waals surface area contributed by atoms with Gasteiger partial charge >= 0.3 is 0 Å². The number of nitrogens with zero attached hydrogens (tertiary/aromatic N) is 5. The molecule has 0 saturated heterocycles. The summed E-state index contributed by atoms with van der Waals surface area (Å²) >= 11 is -1.14. The van der Waals surface area contributed by atoms with Crippen LogP contribution in [0.5, 0.6) is 0 Å². The lowest BCUT2D eigenvalue weighted by Gasteiger charge is -2.15. The topological polar surface area (TPSA) is 91.1 Å². The molecular weight excluding hydrogens is 410 g/mol. The molecule has 1 N–H and O–H groups in total. The molecule has 2 atom stereocenters. The molecule has 3 heterocycles. The highest BCUT2D eigenvalue weighted by Gasteiger charge is 2.15. The standard InChI is InChI=1S/C20H18F2N6OS/c1-12(27-30(2)29)13-4-3-5-14(8-13)16-9-17(25-11-24-16)18-10-23-19-7-6-15(20(21)22)26-28(18)19/h3-12,20,27H,1-2H3. The maximum absolute atomic E-state index is 13.1. The van der Waals surface area contributed by atoms with Crippen molar-refractivity contribution >= 4 is 17.0 Å². The molecule has 0 radical (unpaired) electrons. The van der Waals surface area contributed by atoms with Crippen molar-refractivity contribution < 1.29 is 13.3 Å². The Balaban J connectivity index is 1.72. The van der Waals surface area contributed by atoms with Gasteiger partial charge in [-0.25, -0.2) is 28.2 Å². The number of nitrogens with one attached hydrogen (secondary N) is 1. The summed E-state index contributed by atoms with van der Waals surface area (Å²) in [5.74, 6) is 0. The summed E-state index contributed by atoms with van der Waals surface area (Å²) in [4.78, 5) is 12.8. The minimum Gasteiger partial charge on any atom is -0.598 e. The molecule has 0 aliphatic carbocycles. The van der Waals surface area contributed by atoms with E-state index in [9.17, 15) is 13.3 Å². The predicted octanol–water partition coefficient (Wildman–Crippen LogP) is 3.74. The molecule has 0 aliphatic heterocycles. The van der Waals surface area contributed by atoms with Crippen LogP contribution in [-0.4, -0.2) is 35.4 Å². The summed E-state index contributed by atoms with van der Waals surface area (Å²) in [6.07, 6.45) is 1.86. The summed E-state index contributed by atoms with van der Waals surface area (Å²) in [6, 6.07) is 12.1. The minimum absolute atomic E-state index is 0.104. The monoisotopic (exact) mass is 428 g/mol. The highest BCUT2D eigenvalue weighted by Crippen LogP contribution is 2.26. The van der Waals surface area contributed by atoms with Crippen LogP contribution in [0, 0.1) is 0 Å². The second-order valence-corrected chi connectivity index (χ2v) is 7.82. The first kappa shape index (κ1) is 20.3. The molecule has 1 aromatic carbocycles. The van der Waals surface area contributed by atoms with Crippen LogP contribution in [0.1, 0.15) is 30.6 Å². The zero-order valence-electron chi connectivity index (χ0n) is 16.2. The number of benzene rings is 1. The third-order valence-electron chi connectivity index (χ3n) is 4.56. The summed E-state index contributed by atoms with van der Waals surface area (Å²) in [5, 5.41) is 3.98. The Morgan fingerprint density at radius 1 is 1.07 bits per heavy atom. The van der Waals surface area contributed by atoms with Gasteiger partial charge in [-0.05, 0) is 36.8 Å². The Bertz CT molecular complexity index is 1180. The van der Waals surface area contributed by atoms with Gasteiger partial charge in [-0.1, -0.05) is 18.2 Å². The SMILES string of the molecule is CC(N[S+](C)[O-])c1cccc(-c2cc(-c3cnc4ccc(C(F)F)nn34)ncn2)c1. The van der Waals surface area contributed by atoms with Crippen LogP contribution < -0.4 is 4.72 Å². The summed E-state index contributed by atoms with van der Waals surface area (Å²) < 4.78 is 41.9. The van der Waals surface area contributed by atoms with E-state index in [0.29, 0.717) is 22.7 Å². The minimum atomic E-state index is -2.68. The molecule has 4 rings (SSSR count). The largest absolute Gasteiger partial charge is 0.598 e. The third-order valence-corrected chi connectivity index (χ3v) is 5.25.